The molecule has 1 aliphatic carbocycles. The second-order valence-corrected chi connectivity index (χ2v) is 7.49. The number of carbonyl (C=O) groups excluding carboxylic acids is 4. The van der Waals surface area contributed by atoms with Crippen LogP contribution in [0.25, 0.3) is 11.1 Å². The second-order valence-electron chi connectivity index (χ2n) is 7.49. The molecule has 3 atom stereocenters. The molecule has 0 aliphatic heterocycles. The van der Waals surface area contributed by atoms with Gasteiger partial charge >= 0.3 is 0 Å². The molecule has 0 spiro atoms. The quantitative estimate of drug-likeness (QED) is 0.612. The Morgan fingerprint density at radius 2 is 1.57 bits per heavy atom. The highest BCUT2D eigenvalue weighted by molar-refractivity contribution is 6.24. The number of amides is 2. The van der Waals surface area contributed by atoms with Crippen LogP contribution in [0.15, 0.2) is 42.5 Å². The summed E-state index contributed by atoms with van der Waals surface area (Å²) < 4.78 is 0. The Morgan fingerprint density at radius 1 is 0.933 bits per heavy atom. The van der Waals surface area contributed by atoms with E-state index in [-0.39, 0.29) is 17.3 Å². The Morgan fingerprint density at radius 3 is 2.20 bits per heavy atom. The number of hydrogen-bond donors (Lipinski definition) is 2. The SMILES string of the molecule is CC[C@@H](C)[C@H](NC(=O)[C@H](C)NC(=O)c1cccc2c1-c1ccccc1C2=O)C(=O)[O-]. The molecule has 156 valence electrons. The van der Waals surface area contributed by atoms with Crippen molar-refractivity contribution in [2.75, 3.05) is 0 Å². The number of carboxylic acid groups (broad SMARTS) is 1. The topological polar surface area (TPSA) is 115 Å². The molecule has 2 N–H and O–H groups in total. The predicted octanol–water partition coefficient (Wildman–Crippen LogP) is 1.30. The summed E-state index contributed by atoms with van der Waals surface area (Å²) in [6, 6.07) is 9.81. The van der Waals surface area contributed by atoms with E-state index in [9.17, 15) is 24.3 Å². The molecule has 30 heavy (non-hydrogen) atoms. The summed E-state index contributed by atoms with van der Waals surface area (Å²) in [6.07, 6.45) is 0.545. The van der Waals surface area contributed by atoms with Crippen molar-refractivity contribution in [3.05, 3.63) is 59.2 Å². The van der Waals surface area contributed by atoms with Crippen LogP contribution in [0, 0.1) is 5.92 Å². The van der Waals surface area contributed by atoms with Crippen LogP contribution >= 0.6 is 0 Å². The number of fused-ring (bicyclic) bond motifs is 3. The van der Waals surface area contributed by atoms with Gasteiger partial charge in [0.1, 0.15) is 6.04 Å². The summed E-state index contributed by atoms with van der Waals surface area (Å²) in [6.45, 7) is 4.98. The van der Waals surface area contributed by atoms with Crippen LogP contribution in [-0.4, -0.2) is 35.7 Å². The molecule has 0 aromatic heterocycles. The van der Waals surface area contributed by atoms with Crippen molar-refractivity contribution in [3.8, 4) is 11.1 Å². The fourth-order valence-electron chi connectivity index (χ4n) is 3.55. The van der Waals surface area contributed by atoms with E-state index in [1.54, 1.807) is 49.4 Å². The van der Waals surface area contributed by atoms with Crippen LogP contribution in [0.2, 0.25) is 0 Å². The molecular weight excluding hydrogens is 384 g/mol. The van der Waals surface area contributed by atoms with Gasteiger partial charge in [0.2, 0.25) is 5.91 Å². The maximum atomic E-state index is 12.9. The lowest BCUT2D eigenvalue weighted by atomic mass is 9.98. The number of hydrogen-bond acceptors (Lipinski definition) is 5. The first-order chi connectivity index (χ1) is 14.3. The number of ketones is 1. The molecule has 7 nitrogen and oxygen atoms in total. The minimum atomic E-state index is -1.37. The lowest BCUT2D eigenvalue weighted by molar-refractivity contribution is -0.309. The third kappa shape index (κ3) is 3.83. The Kier molecular flexibility index (Phi) is 6.01. The van der Waals surface area contributed by atoms with Crippen LogP contribution in [0.4, 0.5) is 0 Å². The van der Waals surface area contributed by atoms with Gasteiger partial charge < -0.3 is 20.5 Å². The van der Waals surface area contributed by atoms with Gasteiger partial charge in [-0.1, -0.05) is 56.7 Å². The molecule has 2 aromatic carbocycles. The molecule has 7 heteroatoms. The summed E-state index contributed by atoms with van der Waals surface area (Å²) in [5.41, 5.74) is 2.46. The van der Waals surface area contributed by atoms with E-state index in [1.165, 1.54) is 6.92 Å². The summed E-state index contributed by atoms with van der Waals surface area (Å²) in [5.74, 6) is -2.98. The largest absolute Gasteiger partial charge is 0.548 e. The van der Waals surface area contributed by atoms with Crippen LogP contribution in [-0.2, 0) is 9.59 Å². The van der Waals surface area contributed by atoms with Gasteiger partial charge in [-0.3, -0.25) is 14.4 Å². The van der Waals surface area contributed by atoms with E-state index in [0.29, 0.717) is 28.7 Å². The zero-order valence-corrected chi connectivity index (χ0v) is 17.0. The third-order valence-corrected chi connectivity index (χ3v) is 5.50. The predicted molar refractivity (Wildman–Crippen MR) is 109 cm³/mol. The highest BCUT2D eigenvalue weighted by atomic mass is 16.4. The van der Waals surface area contributed by atoms with Gasteiger partial charge in [0.25, 0.3) is 5.91 Å². The number of carboxylic acids is 1. The van der Waals surface area contributed by atoms with Gasteiger partial charge in [-0.05, 0) is 24.5 Å². The van der Waals surface area contributed by atoms with Crippen molar-refractivity contribution in [1.82, 2.24) is 10.6 Å². The van der Waals surface area contributed by atoms with Crippen molar-refractivity contribution in [2.24, 2.45) is 5.92 Å². The van der Waals surface area contributed by atoms with E-state index in [0.717, 1.165) is 0 Å². The van der Waals surface area contributed by atoms with Crippen molar-refractivity contribution < 1.29 is 24.3 Å². The lowest BCUT2D eigenvalue weighted by Crippen LogP contribution is -2.55. The molecule has 0 saturated carbocycles. The zero-order valence-electron chi connectivity index (χ0n) is 17.0. The van der Waals surface area contributed by atoms with Crippen LogP contribution in [0.5, 0.6) is 0 Å². The van der Waals surface area contributed by atoms with Crippen LogP contribution in [0.3, 0.4) is 0 Å². The average Bonchev–Trinajstić information content (AvgIpc) is 3.03. The average molecular weight is 407 g/mol. The first kappa shape index (κ1) is 21.2. The van der Waals surface area contributed by atoms with Gasteiger partial charge in [0, 0.05) is 22.3 Å². The molecule has 0 bridgehead atoms. The van der Waals surface area contributed by atoms with E-state index < -0.39 is 29.9 Å². The lowest BCUT2D eigenvalue weighted by Gasteiger charge is -2.26. The second kappa shape index (κ2) is 8.49. The summed E-state index contributed by atoms with van der Waals surface area (Å²) in [7, 11) is 0. The van der Waals surface area contributed by atoms with Crippen LogP contribution < -0.4 is 15.7 Å². The summed E-state index contributed by atoms with van der Waals surface area (Å²) in [5, 5.41) is 16.4. The van der Waals surface area contributed by atoms with E-state index in [2.05, 4.69) is 10.6 Å². The molecule has 1 aliphatic rings. The minimum Gasteiger partial charge on any atom is -0.548 e. The fourth-order valence-corrected chi connectivity index (χ4v) is 3.55. The summed E-state index contributed by atoms with van der Waals surface area (Å²) >= 11 is 0. The maximum absolute atomic E-state index is 12.9. The Balaban J connectivity index is 1.81. The standard InChI is InChI=1S/C23H24N2O5/c1-4-12(2)19(23(29)30)25-21(27)13(3)24-22(28)17-11-7-10-16-18(17)14-8-5-6-9-15(14)20(16)26/h5-13,19H,4H2,1-3H3,(H,24,28)(H,25,27)(H,29,30)/p-1/t12-,13+,19+/m1/s1. The van der Waals surface area contributed by atoms with Crippen molar-refractivity contribution in [2.45, 2.75) is 39.3 Å². The first-order valence-corrected chi connectivity index (χ1v) is 9.85. The fraction of sp³-hybridized carbons (Fsp3) is 0.304. The molecule has 0 heterocycles. The zero-order chi connectivity index (χ0) is 22.0. The third-order valence-electron chi connectivity index (χ3n) is 5.50. The number of rotatable bonds is 7. The molecule has 0 saturated heterocycles. The Hall–Kier alpha value is -3.48. The molecular formula is C23H23N2O5-. The van der Waals surface area contributed by atoms with Gasteiger partial charge in [0.05, 0.1) is 12.0 Å². The van der Waals surface area contributed by atoms with Crippen LogP contribution in [0.1, 0.15) is 53.5 Å². The maximum Gasteiger partial charge on any atom is 0.252 e. The normalized spacial score (nSPS) is 14.8. The Labute approximate surface area is 174 Å². The van der Waals surface area contributed by atoms with E-state index in [4.69, 9.17) is 0 Å². The Bertz CT molecular complexity index is 1030. The van der Waals surface area contributed by atoms with E-state index in [1.807, 2.05) is 6.92 Å². The summed E-state index contributed by atoms with van der Waals surface area (Å²) in [4.78, 5) is 49.3. The van der Waals surface area contributed by atoms with Crippen molar-refractivity contribution in [1.29, 1.82) is 0 Å². The molecule has 3 rings (SSSR count). The van der Waals surface area contributed by atoms with Gasteiger partial charge in [-0.2, -0.15) is 0 Å². The van der Waals surface area contributed by atoms with Crippen molar-refractivity contribution >= 4 is 23.6 Å². The molecule has 0 fully saturated rings. The molecule has 2 aromatic rings. The smallest absolute Gasteiger partial charge is 0.252 e. The number of benzene rings is 2. The number of carbonyl (C=O) groups is 4. The van der Waals surface area contributed by atoms with E-state index >= 15 is 0 Å². The molecule has 2 amide bonds. The minimum absolute atomic E-state index is 0.147. The van der Waals surface area contributed by atoms with Gasteiger partial charge in [-0.25, -0.2) is 0 Å². The molecule has 0 unspecified atom stereocenters. The number of nitrogens with one attached hydrogen (secondary N) is 2. The first-order valence-electron chi connectivity index (χ1n) is 9.85. The highest BCUT2D eigenvalue weighted by Gasteiger charge is 2.31. The monoisotopic (exact) mass is 407 g/mol. The molecule has 0 radical (unpaired) electrons. The number of aliphatic carboxylic acids is 1. The van der Waals surface area contributed by atoms with Gasteiger partial charge in [0.15, 0.2) is 5.78 Å². The van der Waals surface area contributed by atoms with Gasteiger partial charge in [-0.15, -0.1) is 0 Å². The van der Waals surface area contributed by atoms with Crippen molar-refractivity contribution in [3.63, 3.8) is 0 Å². The highest BCUT2D eigenvalue weighted by Crippen LogP contribution is 2.38.